The molecule has 0 aromatic heterocycles. The maximum atomic E-state index is 11.3. The van der Waals surface area contributed by atoms with E-state index in [1.807, 2.05) is 6.07 Å². The fraction of sp³-hybridized carbons (Fsp3) is 0.333. The summed E-state index contributed by atoms with van der Waals surface area (Å²) in [5.41, 5.74) is 1.41. The topological polar surface area (TPSA) is 43.4 Å². The predicted octanol–water partition coefficient (Wildman–Crippen LogP) is 2.17. The van der Waals surface area contributed by atoms with E-state index in [2.05, 4.69) is 4.74 Å². The Balaban J connectivity index is 3.00. The van der Waals surface area contributed by atoms with Gasteiger partial charge in [-0.2, -0.15) is 0 Å². The van der Waals surface area contributed by atoms with Crippen LogP contribution in [0.5, 0.6) is 0 Å². The number of esters is 1. The van der Waals surface area contributed by atoms with Gasteiger partial charge >= 0.3 is 5.97 Å². The predicted molar refractivity (Wildman–Crippen MR) is 56.9 cm³/mol. The van der Waals surface area contributed by atoms with Gasteiger partial charge in [0.25, 0.3) is 0 Å². The van der Waals surface area contributed by atoms with E-state index in [-0.39, 0.29) is 17.7 Å². The van der Waals surface area contributed by atoms with Crippen LogP contribution in [0.15, 0.2) is 24.3 Å². The Hall–Kier alpha value is -1.64. The molecule has 0 aliphatic heterocycles. The van der Waals surface area contributed by atoms with E-state index >= 15 is 0 Å². The van der Waals surface area contributed by atoms with Crippen molar-refractivity contribution in [2.75, 3.05) is 7.11 Å². The van der Waals surface area contributed by atoms with Gasteiger partial charge in [0.05, 0.1) is 13.0 Å². The lowest BCUT2D eigenvalue weighted by Crippen LogP contribution is -2.11. The molecule has 0 saturated heterocycles. The minimum Gasteiger partial charge on any atom is -0.469 e. The van der Waals surface area contributed by atoms with Crippen molar-refractivity contribution in [3.63, 3.8) is 0 Å². The highest BCUT2D eigenvalue weighted by molar-refractivity contribution is 5.94. The number of benzene rings is 1. The van der Waals surface area contributed by atoms with E-state index in [1.165, 1.54) is 14.0 Å². The summed E-state index contributed by atoms with van der Waals surface area (Å²) in [6.07, 6.45) is 0. The highest BCUT2D eigenvalue weighted by Crippen LogP contribution is 2.18. The molecule has 0 N–H and O–H groups in total. The number of methoxy groups -OCH3 is 1. The number of hydrogen-bond donors (Lipinski definition) is 0. The zero-order valence-electron chi connectivity index (χ0n) is 9.11. The minimum atomic E-state index is -0.339. The maximum Gasteiger partial charge on any atom is 0.312 e. The Bertz CT molecular complexity index is 382. The van der Waals surface area contributed by atoms with Crippen molar-refractivity contribution in [2.24, 2.45) is 0 Å². The Labute approximate surface area is 89.1 Å². The van der Waals surface area contributed by atoms with Crippen LogP contribution in [0.4, 0.5) is 0 Å². The SMILES string of the molecule is COC(=O)C(C)c1cccc(C(C)=O)c1. The fourth-order valence-electron chi connectivity index (χ4n) is 1.34. The molecule has 0 aliphatic carbocycles. The summed E-state index contributed by atoms with van der Waals surface area (Å²) >= 11 is 0. The molecule has 3 heteroatoms. The van der Waals surface area contributed by atoms with E-state index in [0.717, 1.165) is 5.56 Å². The molecule has 0 bridgehead atoms. The molecule has 0 saturated carbocycles. The van der Waals surface area contributed by atoms with Crippen LogP contribution in [0.3, 0.4) is 0 Å². The van der Waals surface area contributed by atoms with E-state index < -0.39 is 0 Å². The fourth-order valence-corrected chi connectivity index (χ4v) is 1.34. The first-order valence-corrected chi connectivity index (χ1v) is 4.75. The van der Waals surface area contributed by atoms with E-state index in [1.54, 1.807) is 25.1 Å². The van der Waals surface area contributed by atoms with Gasteiger partial charge in [0.1, 0.15) is 0 Å². The molecule has 1 unspecified atom stereocenters. The number of hydrogen-bond acceptors (Lipinski definition) is 3. The van der Waals surface area contributed by atoms with Crippen LogP contribution in [-0.2, 0) is 9.53 Å². The molecule has 15 heavy (non-hydrogen) atoms. The van der Waals surface area contributed by atoms with Crippen LogP contribution < -0.4 is 0 Å². The molecule has 0 amide bonds. The third-order valence-corrected chi connectivity index (χ3v) is 2.35. The lowest BCUT2D eigenvalue weighted by molar-refractivity contribution is -0.141. The number of Topliss-reactive ketones (excluding diaryl/α,β-unsaturated/α-hetero) is 1. The number of carbonyl (C=O) groups excluding carboxylic acids is 2. The molecule has 1 aromatic carbocycles. The van der Waals surface area contributed by atoms with Crippen molar-refractivity contribution in [1.29, 1.82) is 0 Å². The molecule has 3 nitrogen and oxygen atoms in total. The largest absolute Gasteiger partial charge is 0.469 e. The number of rotatable bonds is 3. The van der Waals surface area contributed by atoms with Gasteiger partial charge in [-0.05, 0) is 25.5 Å². The smallest absolute Gasteiger partial charge is 0.312 e. The second kappa shape index (κ2) is 4.73. The molecular formula is C12H14O3. The molecule has 1 rings (SSSR count). The summed E-state index contributed by atoms with van der Waals surface area (Å²) in [5, 5.41) is 0. The van der Waals surface area contributed by atoms with Crippen molar-refractivity contribution in [2.45, 2.75) is 19.8 Å². The molecule has 0 aliphatic rings. The van der Waals surface area contributed by atoms with Crippen molar-refractivity contribution in [3.8, 4) is 0 Å². The first-order valence-electron chi connectivity index (χ1n) is 4.75. The van der Waals surface area contributed by atoms with Gasteiger partial charge in [0.2, 0.25) is 0 Å². The second-order valence-corrected chi connectivity index (χ2v) is 3.43. The normalized spacial score (nSPS) is 11.9. The third kappa shape index (κ3) is 2.65. The Kier molecular flexibility index (Phi) is 3.61. The Morgan fingerprint density at radius 3 is 2.53 bits per heavy atom. The van der Waals surface area contributed by atoms with Gasteiger partial charge in [0.15, 0.2) is 5.78 Å². The minimum absolute atomic E-state index is 0.00563. The van der Waals surface area contributed by atoms with Crippen LogP contribution in [0, 0.1) is 0 Å². The third-order valence-electron chi connectivity index (χ3n) is 2.35. The summed E-state index contributed by atoms with van der Waals surface area (Å²) < 4.78 is 4.64. The highest BCUT2D eigenvalue weighted by atomic mass is 16.5. The van der Waals surface area contributed by atoms with Crippen LogP contribution in [-0.4, -0.2) is 18.9 Å². The van der Waals surface area contributed by atoms with E-state index in [9.17, 15) is 9.59 Å². The monoisotopic (exact) mass is 206 g/mol. The van der Waals surface area contributed by atoms with Crippen LogP contribution >= 0.6 is 0 Å². The van der Waals surface area contributed by atoms with Crippen molar-refractivity contribution >= 4 is 11.8 Å². The molecule has 1 aromatic rings. The molecule has 0 radical (unpaired) electrons. The van der Waals surface area contributed by atoms with Crippen LogP contribution in [0.25, 0.3) is 0 Å². The molecule has 0 heterocycles. The summed E-state index contributed by atoms with van der Waals surface area (Å²) in [6.45, 7) is 3.26. The molecular weight excluding hydrogens is 192 g/mol. The van der Waals surface area contributed by atoms with Crippen molar-refractivity contribution in [1.82, 2.24) is 0 Å². The maximum absolute atomic E-state index is 11.3. The first kappa shape index (κ1) is 11.4. The quantitative estimate of drug-likeness (QED) is 0.562. The molecule has 0 fully saturated rings. The van der Waals surface area contributed by atoms with Gasteiger partial charge in [-0.15, -0.1) is 0 Å². The zero-order valence-corrected chi connectivity index (χ0v) is 9.11. The highest BCUT2D eigenvalue weighted by Gasteiger charge is 2.16. The average molecular weight is 206 g/mol. The van der Waals surface area contributed by atoms with Crippen LogP contribution in [0.2, 0.25) is 0 Å². The molecule has 0 spiro atoms. The summed E-state index contributed by atoms with van der Waals surface area (Å²) in [7, 11) is 1.35. The lowest BCUT2D eigenvalue weighted by Gasteiger charge is -2.09. The average Bonchev–Trinajstić information content (AvgIpc) is 2.27. The van der Waals surface area contributed by atoms with E-state index in [0.29, 0.717) is 5.56 Å². The lowest BCUT2D eigenvalue weighted by atomic mass is 9.98. The van der Waals surface area contributed by atoms with Gasteiger partial charge in [-0.25, -0.2) is 0 Å². The summed E-state index contributed by atoms with van der Waals surface area (Å²) in [6, 6.07) is 7.04. The Morgan fingerprint density at radius 1 is 1.33 bits per heavy atom. The zero-order chi connectivity index (χ0) is 11.4. The summed E-state index contributed by atoms with van der Waals surface area (Å²) in [4.78, 5) is 22.4. The van der Waals surface area contributed by atoms with Gasteiger partial charge in [-0.1, -0.05) is 18.2 Å². The summed E-state index contributed by atoms with van der Waals surface area (Å²) in [5.74, 6) is -0.640. The number of ether oxygens (including phenoxy) is 1. The van der Waals surface area contributed by atoms with Crippen LogP contribution in [0.1, 0.15) is 35.7 Å². The van der Waals surface area contributed by atoms with Gasteiger partial charge in [-0.3, -0.25) is 9.59 Å². The standard InChI is InChI=1S/C12H14O3/c1-8(12(14)15-3)10-5-4-6-11(7-10)9(2)13/h4-8H,1-3H3. The second-order valence-electron chi connectivity index (χ2n) is 3.43. The molecule has 1 atom stereocenters. The van der Waals surface area contributed by atoms with Gasteiger partial charge < -0.3 is 4.74 Å². The first-order chi connectivity index (χ1) is 7.06. The number of carbonyl (C=O) groups is 2. The van der Waals surface area contributed by atoms with Crippen molar-refractivity contribution < 1.29 is 14.3 Å². The Morgan fingerprint density at radius 2 is 2.00 bits per heavy atom. The van der Waals surface area contributed by atoms with E-state index in [4.69, 9.17) is 0 Å². The molecule has 80 valence electrons. The van der Waals surface area contributed by atoms with Gasteiger partial charge in [0, 0.05) is 5.56 Å². The number of ketones is 1. The van der Waals surface area contributed by atoms with Crippen molar-refractivity contribution in [3.05, 3.63) is 35.4 Å².